The SMILES string of the molecule is CNCC(Cc1cncc(Br)c1)Cc1ccccc1Br. The number of halogens is 2. The Morgan fingerprint density at radius 1 is 1.15 bits per heavy atom. The molecular formula is C16H18Br2N2. The van der Waals surface area contributed by atoms with Gasteiger partial charge in [-0.1, -0.05) is 34.1 Å². The van der Waals surface area contributed by atoms with E-state index in [4.69, 9.17) is 0 Å². The molecule has 1 N–H and O–H groups in total. The normalized spacial score (nSPS) is 12.3. The summed E-state index contributed by atoms with van der Waals surface area (Å²) in [6.07, 6.45) is 5.85. The van der Waals surface area contributed by atoms with Crippen molar-refractivity contribution in [3.05, 3.63) is 62.8 Å². The smallest absolute Gasteiger partial charge is 0.0410 e. The van der Waals surface area contributed by atoms with E-state index < -0.39 is 0 Å². The van der Waals surface area contributed by atoms with Crippen LogP contribution in [0, 0.1) is 5.92 Å². The highest BCUT2D eigenvalue weighted by molar-refractivity contribution is 9.10. The van der Waals surface area contributed by atoms with E-state index in [-0.39, 0.29) is 0 Å². The molecule has 1 aromatic heterocycles. The Labute approximate surface area is 137 Å². The zero-order valence-corrected chi connectivity index (χ0v) is 14.6. The van der Waals surface area contributed by atoms with Gasteiger partial charge in [-0.15, -0.1) is 0 Å². The van der Waals surface area contributed by atoms with Gasteiger partial charge in [-0.05, 0) is 71.5 Å². The van der Waals surface area contributed by atoms with E-state index in [9.17, 15) is 0 Å². The molecule has 1 atom stereocenters. The van der Waals surface area contributed by atoms with Crippen LogP contribution in [0.5, 0.6) is 0 Å². The lowest BCUT2D eigenvalue weighted by Gasteiger charge is -2.17. The summed E-state index contributed by atoms with van der Waals surface area (Å²) >= 11 is 7.12. The molecule has 0 aliphatic heterocycles. The van der Waals surface area contributed by atoms with E-state index in [0.29, 0.717) is 5.92 Å². The molecule has 0 amide bonds. The Balaban J connectivity index is 2.09. The van der Waals surface area contributed by atoms with E-state index in [2.05, 4.69) is 72.5 Å². The standard InChI is InChI=1S/C16H18Br2N2/c1-19-9-12(6-13-8-15(17)11-20-10-13)7-14-4-2-3-5-16(14)18/h2-5,8,10-12,19H,6-7,9H2,1H3. The van der Waals surface area contributed by atoms with E-state index in [1.807, 2.05) is 19.4 Å². The first-order valence-electron chi connectivity index (χ1n) is 6.66. The summed E-state index contributed by atoms with van der Waals surface area (Å²) in [6.45, 7) is 0.994. The quantitative estimate of drug-likeness (QED) is 0.788. The molecule has 0 saturated carbocycles. The Kier molecular flexibility index (Phi) is 6.20. The number of nitrogens with zero attached hydrogens (tertiary/aromatic N) is 1. The van der Waals surface area contributed by atoms with Crippen LogP contribution in [0.4, 0.5) is 0 Å². The van der Waals surface area contributed by atoms with Crippen LogP contribution >= 0.6 is 31.9 Å². The maximum Gasteiger partial charge on any atom is 0.0410 e. The van der Waals surface area contributed by atoms with Gasteiger partial charge < -0.3 is 5.32 Å². The number of aromatic nitrogens is 1. The summed E-state index contributed by atoms with van der Waals surface area (Å²) in [5.74, 6) is 0.551. The van der Waals surface area contributed by atoms with Crippen LogP contribution in [0.1, 0.15) is 11.1 Å². The van der Waals surface area contributed by atoms with Crippen LogP contribution in [-0.4, -0.2) is 18.6 Å². The first kappa shape index (κ1) is 15.7. The second kappa shape index (κ2) is 7.91. The topological polar surface area (TPSA) is 24.9 Å². The molecular weight excluding hydrogens is 380 g/mol. The van der Waals surface area contributed by atoms with Gasteiger partial charge in [0.05, 0.1) is 0 Å². The fourth-order valence-electron chi connectivity index (χ4n) is 2.38. The Morgan fingerprint density at radius 3 is 2.65 bits per heavy atom. The van der Waals surface area contributed by atoms with Crippen LogP contribution in [-0.2, 0) is 12.8 Å². The van der Waals surface area contributed by atoms with Gasteiger partial charge in [0.25, 0.3) is 0 Å². The molecule has 2 nitrogen and oxygen atoms in total. The lowest BCUT2D eigenvalue weighted by molar-refractivity contribution is 0.492. The van der Waals surface area contributed by atoms with Crippen molar-refractivity contribution >= 4 is 31.9 Å². The number of pyridine rings is 1. The Hall–Kier alpha value is -0.710. The van der Waals surface area contributed by atoms with Crippen molar-refractivity contribution in [3.8, 4) is 0 Å². The monoisotopic (exact) mass is 396 g/mol. The predicted octanol–water partition coefficient (Wildman–Crippen LogP) is 4.23. The van der Waals surface area contributed by atoms with Crippen LogP contribution < -0.4 is 5.32 Å². The molecule has 0 aliphatic rings. The highest BCUT2D eigenvalue weighted by Crippen LogP contribution is 2.22. The molecule has 106 valence electrons. The largest absolute Gasteiger partial charge is 0.319 e. The average Bonchev–Trinajstić information content (AvgIpc) is 2.42. The van der Waals surface area contributed by atoms with Gasteiger partial charge in [-0.3, -0.25) is 4.98 Å². The summed E-state index contributed by atoms with van der Waals surface area (Å²) in [6, 6.07) is 10.6. The van der Waals surface area contributed by atoms with E-state index in [0.717, 1.165) is 23.9 Å². The predicted molar refractivity (Wildman–Crippen MR) is 90.9 cm³/mol. The van der Waals surface area contributed by atoms with Crippen molar-refractivity contribution in [3.63, 3.8) is 0 Å². The fourth-order valence-corrected chi connectivity index (χ4v) is 3.24. The van der Waals surface area contributed by atoms with Gasteiger partial charge in [0.1, 0.15) is 0 Å². The maximum atomic E-state index is 4.25. The molecule has 0 saturated heterocycles. The third-order valence-corrected chi connectivity index (χ3v) is 4.45. The minimum Gasteiger partial charge on any atom is -0.319 e. The molecule has 4 heteroatoms. The third-order valence-electron chi connectivity index (χ3n) is 3.25. The van der Waals surface area contributed by atoms with Gasteiger partial charge in [-0.25, -0.2) is 0 Å². The molecule has 0 bridgehead atoms. The molecule has 1 aromatic carbocycles. The molecule has 0 spiro atoms. The number of hydrogen-bond acceptors (Lipinski definition) is 2. The van der Waals surface area contributed by atoms with E-state index >= 15 is 0 Å². The van der Waals surface area contributed by atoms with Gasteiger partial charge in [0.15, 0.2) is 0 Å². The van der Waals surface area contributed by atoms with Gasteiger partial charge >= 0.3 is 0 Å². The molecule has 2 aromatic rings. The van der Waals surface area contributed by atoms with Crippen molar-refractivity contribution in [2.24, 2.45) is 5.92 Å². The molecule has 1 heterocycles. The molecule has 20 heavy (non-hydrogen) atoms. The number of rotatable bonds is 6. The highest BCUT2D eigenvalue weighted by Gasteiger charge is 2.12. The zero-order valence-electron chi connectivity index (χ0n) is 11.4. The zero-order chi connectivity index (χ0) is 14.4. The van der Waals surface area contributed by atoms with Crippen LogP contribution in [0.2, 0.25) is 0 Å². The van der Waals surface area contributed by atoms with Crippen molar-refractivity contribution in [1.82, 2.24) is 10.3 Å². The Morgan fingerprint density at radius 2 is 1.95 bits per heavy atom. The van der Waals surface area contributed by atoms with Gasteiger partial charge in [0.2, 0.25) is 0 Å². The molecule has 0 aliphatic carbocycles. The number of nitrogens with one attached hydrogen (secondary N) is 1. The summed E-state index contributed by atoms with van der Waals surface area (Å²) in [4.78, 5) is 4.25. The summed E-state index contributed by atoms with van der Waals surface area (Å²) in [7, 11) is 2.01. The van der Waals surface area contributed by atoms with Crippen molar-refractivity contribution in [2.75, 3.05) is 13.6 Å². The third kappa shape index (κ3) is 4.69. The minimum absolute atomic E-state index is 0.551. The summed E-state index contributed by atoms with van der Waals surface area (Å²) < 4.78 is 2.23. The molecule has 0 fully saturated rings. The second-order valence-electron chi connectivity index (χ2n) is 4.93. The van der Waals surface area contributed by atoms with Gasteiger partial charge in [-0.2, -0.15) is 0 Å². The van der Waals surface area contributed by atoms with Gasteiger partial charge in [0, 0.05) is 21.3 Å². The van der Waals surface area contributed by atoms with Crippen LogP contribution in [0.3, 0.4) is 0 Å². The first-order chi connectivity index (χ1) is 9.69. The number of benzene rings is 1. The second-order valence-corrected chi connectivity index (χ2v) is 6.70. The highest BCUT2D eigenvalue weighted by atomic mass is 79.9. The minimum atomic E-state index is 0.551. The van der Waals surface area contributed by atoms with Crippen molar-refractivity contribution in [1.29, 1.82) is 0 Å². The maximum absolute atomic E-state index is 4.25. The van der Waals surface area contributed by atoms with Crippen LogP contribution in [0.25, 0.3) is 0 Å². The lowest BCUT2D eigenvalue weighted by Crippen LogP contribution is -2.23. The van der Waals surface area contributed by atoms with Crippen LogP contribution in [0.15, 0.2) is 51.7 Å². The molecule has 2 rings (SSSR count). The Bertz CT molecular complexity index is 558. The lowest BCUT2D eigenvalue weighted by atomic mass is 9.93. The summed E-state index contributed by atoms with van der Waals surface area (Å²) in [5, 5.41) is 3.29. The summed E-state index contributed by atoms with van der Waals surface area (Å²) in [5.41, 5.74) is 2.63. The average molecular weight is 398 g/mol. The molecule has 1 unspecified atom stereocenters. The molecule has 0 radical (unpaired) electrons. The van der Waals surface area contributed by atoms with Crippen molar-refractivity contribution < 1.29 is 0 Å². The fraction of sp³-hybridized carbons (Fsp3) is 0.312. The van der Waals surface area contributed by atoms with E-state index in [1.165, 1.54) is 15.6 Å². The first-order valence-corrected chi connectivity index (χ1v) is 8.25. The van der Waals surface area contributed by atoms with E-state index in [1.54, 1.807) is 0 Å². The van der Waals surface area contributed by atoms with Crippen molar-refractivity contribution in [2.45, 2.75) is 12.8 Å². The number of hydrogen-bond donors (Lipinski definition) is 1.